The molecular formula is C31H30N4O. The number of piperidine rings is 1. The van der Waals surface area contributed by atoms with Gasteiger partial charge >= 0.3 is 0 Å². The lowest BCUT2D eigenvalue weighted by atomic mass is 10.0. The molecule has 36 heavy (non-hydrogen) atoms. The number of likely N-dealkylation sites (tertiary alicyclic amines) is 1. The van der Waals surface area contributed by atoms with E-state index in [1.807, 2.05) is 23.3 Å². The highest BCUT2D eigenvalue weighted by Crippen LogP contribution is 2.33. The van der Waals surface area contributed by atoms with Crippen LogP contribution in [0.5, 0.6) is 0 Å². The average Bonchev–Trinajstić information content (AvgIpc) is 2.95. The lowest BCUT2D eigenvalue weighted by molar-refractivity contribution is 0.0988. The predicted octanol–water partition coefficient (Wildman–Crippen LogP) is 6.48. The van der Waals surface area contributed by atoms with Gasteiger partial charge in [-0.05, 0) is 35.2 Å². The van der Waals surface area contributed by atoms with E-state index in [0.717, 1.165) is 60.3 Å². The van der Waals surface area contributed by atoms with Crippen LogP contribution in [-0.4, -0.2) is 41.3 Å². The zero-order valence-electron chi connectivity index (χ0n) is 20.5. The van der Waals surface area contributed by atoms with Crippen LogP contribution in [0.4, 0.5) is 5.82 Å². The topological polar surface area (TPSA) is 41.5 Å². The van der Waals surface area contributed by atoms with Gasteiger partial charge in [0.2, 0.25) is 0 Å². The Hall–Kier alpha value is -3.80. The van der Waals surface area contributed by atoms with E-state index in [-0.39, 0.29) is 6.04 Å². The number of hydrogen-bond donors (Lipinski definition) is 0. The fourth-order valence-electron chi connectivity index (χ4n) is 5.38. The third-order valence-corrected chi connectivity index (χ3v) is 7.23. The van der Waals surface area contributed by atoms with Crippen LogP contribution in [-0.2, 0) is 11.4 Å². The molecule has 0 atom stereocenters. The second kappa shape index (κ2) is 10.1. The molecule has 0 aliphatic carbocycles. The van der Waals surface area contributed by atoms with E-state index in [1.54, 1.807) is 7.11 Å². The van der Waals surface area contributed by atoms with Crippen molar-refractivity contribution >= 4 is 27.4 Å². The monoisotopic (exact) mass is 474 g/mol. The maximum absolute atomic E-state index is 5.94. The molecule has 5 nitrogen and oxygen atoms in total. The van der Waals surface area contributed by atoms with E-state index in [9.17, 15) is 0 Å². The van der Waals surface area contributed by atoms with Gasteiger partial charge in [0.15, 0.2) is 5.82 Å². The van der Waals surface area contributed by atoms with Crippen LogP contribution in [0.2, 0.25) is 0 Å². The minimum Gasteiger partial charge on any atom is -0.299 e. The van der Waals surface area contributed by atoms with Gasteiger partial charge in [-0.15, -0.1) is 10.2 Å². The predicted molar refractivity (Wildman–Crippen MR) is 147 cm³/mol. The molecule has 0 bridgehead atoms. The molecule has 6 rings (SSSR count). The Morgan fingerprint density at radius 3 is 2.25 bits per heavy atom. The summed E-state index contributed by atoms with van der Waals surface area (Å²) in [6.45, 7) is 3.01. The minimum atomic E-state index is 0.253. The molecule has 1 saturated heterocycles. The summed E-state index contributed by atoms with van der Waals surface area (Å²) in [5.41, 5.74) is 3.33. The number of aromatic nitrogens is 2. The molecule has 0 radical (unpaired) electrons. The van der Waals surface area contributed by atoms with E-state index in [0.29, 0.717) is 0 Å². The van der Waals surface area contributed by atoms with Crippen LogP contribution in [0.25, 0.3) is 32.8 Å². The molecule has 0 saturated carbocycles. The summed E-state index contributed by atoms with van der Waals surface area (Å²) in [7, 11) is 1.74. The van der Waals surface area contributed by atoms with Crippen LogP contribution in [0.1, 0.15) is 18.4 Å². The van der Waals surface area contributed by atoms with Gasteiger partial charge in [0, 0.05) is 36.0 Å². The normalized spacial score (nSPS) is 14.9. The molecule has 1 aliphatic heterocycles. The second-order valence-electron chi connectivity index (χ2n) is 9.48. The van der Waals surface area contributed by atoms with Crippen LogP contribution >= 0.6 is 0 Å². The van der Waals surface area contributed by atoms with Gasteiger partial charge in [0.05, 0.1) is 13.2 Å². The van der Waals surface area contributed by atoms with Crippen molar-refractivity contribution < 1.29 is 4.84 Å². The largest absolute Gasteiger partial charge is 0.299 e. The van der Waals surface area contributed by atoms with Gasteiger partial charge in [0.1, 0.15) is 5.69 Å². The third-order valence-electron chi connectivity index (χ3n) is 7.23. The van der Waals surface area contributed by atoms with Crippen LogP contribution in [0.15, 0.2) is 97.1 Å². The van der Waals surface area contributed by atoms with Crippen molar-refractivity contribution in [2.24, 2.45) is 0 Å². The van der Waals surface area contributed by atoms with Gasteiger partial charge in [-0.1, -0.05) is 91.0 Å². The highest BCUT2D eigenvalue weighted by atomic mass is 16.7. The zero-order chi connectivity index (χ0) is 24.3. The first kappa shape index (κ1) is 22.7. The molecule has 0 amide bonds. The Morgan fingerprint density at radius 2 is 1.47 bits per heavy atom. The molecule has 0 N–H and O–H groups in total. The van der Waals surface area contributed by atoms with Crippen molar-refractivity contribution in [1.82, 2.24) is 15.1 Å². The van der Waals surface area contributed by atoms with Gasteiger partial charge in [-0.2, -0.15) is 0 Å². The Morgan fingerprint density at radius 1 is 0.778 bits per heavy atom. The molecule has 1 aromatic heterocycles. The van der Waals surface area contributed by atoms with Crippen molar-refractivity contribution in [2.75, 3.05) is 25.3 Å². The highest BCUT2D eigenvalue weighted by molar-refractivity contribution is 6.00. The Kier molecular flexibility index (Phi) is 6.33. The van der Waals surface area contributed by atoms with Crippen molar-refractivity contribution in [3.8, 4) is 11.3 Å². The van der Waals surface area contributed by atoms with E-state index in [2.05, 4.69) is 94.0 Å². The number of hydroxylamine groups is 1. The van der Waals surface area contributed by atoms with Crippen molar-refractivity contribution in [3.05, 3.63) is 103 Å². The van der Waals surface area contributed by atoms with Crippen LogP contribution in [0, 0.1) is 0 Å². The highest BCUT2D eigenvalue weighted by Gasteiger charge is 2.28. The molecule has 4 aromatic carbocycles. The first-order chi connectivity index (χ1) is 17.8. The average molecular weight is 475 g/mol. The fourth-order valence-corrected chi connectivity index (χ4v) is 5.38. The lowest BCUT2D eigenvalue weighted by Gasteiger charge is -2.37. The molecule has 180 valence electrons. The molecule has 1 aliphatic rings. The molecule has 0 spiro atoms. The molecule has 5 aromatic rings. The molecule has 0 unspecified atom stereocenters. The summed E-state index contributed by atoms with van der Waals surface area (Å²) >= 11 is 0. The maximum atomic E-state index is 5.94. The van der Waals surface area contributed by atoms with Gasteiger partial charge in [0.25, 0.3) is 0 Å². The summed E-state index contributed by atoms with van der Waals surface area (Å²) in [4.78, 5) is 8.48. The number of rotatable bonds is 6. The zero-order valence-corrected chi connectivity index (χ0v) is 20.5. The van der Waals surface area contributed by atoms with Gasteiger partial charge in [-0.3, -0.25) is 9.74 Å². The Labute approximate surface area is 211 Å². The number of benzene rings is 4. The first-order valence-electron chi connectivity index (χ1n) is 12.6. The van der Waals surface area contributed by atoms with Gasteiger partial charge in [-0.25, -0.2) is 5.06 Å². The summed E-state index contributed by atoms with van der Waals surface area (Å²) in [6, 6.07) is 34.2. The maximum Gasteiger partial charge on any atom is 0.183 e. The van der Waals surface area contributed by atoms with Crippen molar-refractivity contribution in [1.29, 1.82) is 0 Å². The van der Waals surface area contributed by atoms with E-state index < -0.39 is 0 Å². The van der Waals surface area contributed by atoms with Crippen molar-refractivity contribution in [2.45, 2.75) is 25.4 Å². The Balaban J connectivity index is 1.20. The van der Waals surface area contributed by atoms with Crippen molar-refractivity contribution in [3.63, 3.8) is 0 Å². The quantitative estimate of drug-likeness (QED) is 0.263. The number of nitrogens with zero attached hydrogens (tertiary/aromatic N) is 4. The molecular weight excluding hydrogens is 444 g/mol. The fraction of sp³-hybridized carbons (Fsp3) is 0.226. The first-order valence-corrected chi connectivity index (χ1v) is 12.6. The van der Waals surface area contributed by atoms with Crippen LogP contribution in [0.3, 0.4) is 0 Å². The molecule has 5 heteroatoms. The number of anilines is 1. The third kappa shape index (κ3) is 4.43. The summed E-state index contributed by atoms with van der Waals surface area (Å²) < 4.78 is 0. The van der Waals surface area contributed by atoms with E-state index in [4.69, 9.17) is 4.84 Å². The second-order valence-corrected chi connectivity index (χ2v) is 9.48. The van der Waals surface area contributed by atoms with E-state index in [1.165, 1.54) is 16.3 Å². The molecule has 2 heterocycles. The van der Waals surface area contributed by atoms with Gasteiger partial charge < -0.3 is 0 Å². The van der Waals surface area contributed by atoms with Crippen LogP contribution < -0.4 is 5.06 Å². The SMILES string of the molecule is CON(c1nnc(-c2ccccc2)c2ccccc12)C1CCN(Cc2ccc3ccccc3c2)CC1. The standard InChI is InChI=1S/C31H30N4O/c1-36-35(31-29-14-8-7-13-28(29)30(32-33-31)25-10-3-2-4-11-25)27-17-19-34(20-18-27)22-23-15-16-24-9-5-6-12-26(24)21-23/h2-16,21,27H,17-20,22H2,1H3. The van der Waals surface area contributed by atoms with E-state index >= 15 is 0 Å². The Bertz CT molecular complexity index is 1480. The summed E-state index contributed by atoms with van der Waals surface area (Å²) in [6.07, 6.45) is 2.02. The summed E-state index contributed by atoms with van der Waals surface area (Å²) in [5.74, 6) is 0.792. The molecule has 1 fully saturated rings. The number of hydrogen-bond acceptors (Lipinski definition) is 5. The summed E-state index contributed by atoms with van der Waals surface area (Å²) in [5, 5.41) is 16.1. The number of fused-ring (bicyclic) bond motifs is 2. The minimum absolute atomic E-state index is 0.253. The smallest absolute Gasteiger partial charge is 0.183 e. The lowest BCUT2D eigenvalue weighted by Crippen LogP contribution is -2.44.